The number of hydrogen-bond donors (Lipinski definition) is 2. The van der Waals surface area contributed by atoms with Gasteiger partial charge in [-0.2, -0.15) is 4.99 Å². The third-order valence-corrected chi connectivity index (χ3v) is 6.39. The summed E-state index contributed by atoms with van der Waals surface area (Å²) in [6.07, 6.45) is 0. The highest BCUT2D eigenvalue weighted by atomic mass is 35.5. The van der Waals surface area contributed by atoms with E-state index in [-0.39, 0.29) is 10.1 Å². The van der Waals surface area contributed by atoms with E-state index in [1.54, 1.807) is 6.07 Å². The molecule has 188 valence electrons. The Balaban J connectivity index is 1.55. The van der Waals surface area contributed by atoms with E-state index in [2.05, 4.69) is 42.3 Å². The molecule has 11 heteroatoms. The quantitative estimate of drug-likeness (QED) is 0.243. The van der Waals surface area contributed by atoms with Crippen molar-refractivity contribution >= 4 is 63.8 Å². The number of rotatable bonds is 3. The van der Waals surface area contributed by atoms with Crippen LogP contribution in [0.25, 0.3) is 0 Å². The number of benzene rings is 2. The molecule has 1 fully saturated rings. The number of thiocarbonyl (C=S) groups is 1. The van der Waals surface area contributed by atoms with Gasteiger partial charge in [0.25, 0.3) is 0 Å². The van der Waals surface area contributed by atoms with Crippen LogP contribution in [-0.4, -0.2) is 52.1 Å². The number of anilines is 3. The molecule has 0 unspecified atom stereocenters. The van der Waals surface area contributed by atoms with Crippen LogP contribution in [0.5, 0.6) is 0 Å². The van der Waals surface area contributed by atoms with Gasteiger partial charge in [0.15, 0.2) is 0 Å². The van der Waals surface area contributed by atoms with E-state index in [9.17, 15) is 4.39 Å². The van der Waals surface area contributed by atoms with Crippen molar-refractivity contribution in [3.05, 3.63) is 75.3 Å². The molecule has 1 saturated heterocycles. The highest BCUT2D eigenvalue weighted by Crippen LogP contribution is 2.25. The molecule has 0 spiro atoms. The second-order valence-electron chi connectivity index (χ2n) is 8.50. The van der Waals surface area contributed by atoms with E-state index in [4.69, 9.17) is 35.4 Å². The number of halogens is 3. The van der Waals surface area contributed by atoms with Gasteiger partial charge in [-0.05, 0) is 75.0 Å². The topological polar surface area (TPSA) is 68.7 Å². The van der Waals surface area contributed by atoms with Gasteiger partial charge < -0.3 is 15.1 Å². The van der Waals surface area contributed by atoms with Gasteiger partial charge in [0, 0.05) is 54.0 Å². The van der Waals surface area contributed by atoms with Gasteiger partial charge >= 0.3 is 0 Å². The zero-order chi connectivity index (χ0) is 25.8. The number of aliphatic imine (C=N–C) groups is 1. The first-order valence-corrected chi connectivity index (χ1v) is 12.5. The lowest BCUT2D eigenvalue weighted by molar-refractivity contribution is 0.385. The van der Waals surface area contributed by atoms with Crippen molar-refractivity contribution in [2.75, 3.05) is 41.7 Å². The van der Waals surface area contributed by atoms with Crippen LogP contribution in [0.2, 0.25) is 10.0 Å². The lowest BCUT2D eigenvalue weighted by atomic mass is 10.1. The molecule has 7 nitrogen and oxygen atoms in total. The summed E-state index contributed by atoms with van der Waals surface area (Å²) in [7, 11) is 0. The first-order valence-electron chi connectivity index (χ1n) is 11.4. The fraction of sp³-hybridized carbons (Fsp3) is 0.280. The summed E-state index contributed by atoms with van der Waals surface area (Å²) < 4.78 is 13.5. The van der Waals surface area contributed by atoms with E-state index in [0.29, 0.717) is 35.7 Å². The highest BCUT2D eigenvalue weighted by Gasteiger charge is 2.22. The Morgan fingerprint density at radius 3 is 2.31 bits per heavy atom. The lowest BCUT2D eigenvalue weighted by Gasteiger charge is -2.38. The van der Waals surface area contributed by atoms with Gasteiger partial charge in [-0.3, -0.25) is 5.32 Å². The standard InChI is InChI=1S/C25H26Cl2FN7S/c1-15-4-5-18(26)13-22(15)34-8-10-35(11-9-34)24(32-23-29-16(2)12-17(3)30-23)33-25(36)31-19-6-7-21(28)20(27)14-19/h4-7,12-14H,8-11H2,1-3H3,(H2,29,30,31,32,33,36). The SMILES string of the molecule is Cc1cc(C)nc(N/C(=N/C(=S)Nc2ccc(F)c(Cl)c2)N2CCN(c3cc(Cl)ccc3C)CC2)n1. The second-order valence-corrected chi connectivity index (χ2v) is 9.73. The molecule has 0 radical (unpaired) electrons. The van der Waals surface area contributed by atoms with Gasteiger partial charge in [0.05, 0.1) is 5.02 Å². The summed E-state index contributed by atoms with van der Waals surface area (Å²) in [5.41, 5.74) is 4.52. The Morgan fingerprint density at radius 1 is 0.944 bits per heavy atom. The molecule has 1 aliphatic rings. The van der Waals surface area contributed by atoms with Crippen molar-refractivity contribution in [1.29, 1.82) is 0 Å². The molecular formula is C25H26Cl2FN7S. The minimum absolute atomic E-state index is 0.00111. The van der Waals surface area contributed by atoms with E-state index in [1.807, 2.05) is 38.1 Å². The van der Waals surface area contributed by atoms with Crippen LogP contribution in [0.3, 0.4) is 0 Å². The number of piperazine rings is 1. The van der Waals surface area contributed by atoms with E-state index < -0.39 is 5.82 Å². The van der Waals surface area contributed by atoms with Crippen LogP contribution >= 0.6 is 35.4 Å². The maximum Gasteiger partial charge on any atom is 0.229 e. The smallest absolute Gasteiger partial charge is 0.229 e. The number of guanidine groups is 1. The Hall–Kier alpha value is -3.01. The van der Waals surface area contributed by atoms with E-state index in [1.165, 1.54) is 17.7 Å². The van der Waals surface area contributed by atoms with Gasteiger partial charge in [0.2, 0.25) is 17.0 Å². The molecule has 0 aliphatic carbocycles. The molecule has 2 N–H and O–H groups in total. The van der Waals surface area contributed by atoms with Crippen LogP contribution in [-0.2, 0) is 0 Å². The largest absolute Gasteiger partial charge is 0.368 e. The summed E-state index contributed by atoms with van der Waals surface area (Å²) in [6, 6.07) is 12.1. The highest BCUT2D eigenvalue weighted by molar-refractivity contribution is 7.80. The lowest BCUT2D eigenvalue weighted by Crippen LogP contribution is -2.51. The predicted octanol–water partition coefficient (Wildman–Crippen LogP) is 5.83. The van der Waals surface area contributed by atoms with Crippen LogP contribution in [0.15, 0.2) is 47.5 Å². The summed E-state index contributed by atoms with van der Waals surface area (Å²) in [5, 5.41) is 7.15. The molecule has 1 aromatic heterocycles. The van der Waals surface area contributed by atoms with Gasteiger partial charge in [0.1, 0.15) is 5.82 Å². The molecule has 2 aromatic carbocycles. The van der Waals surface area contributed by atoms with Crippen molar-refractivity contribution in [3.8, 4) is 0 Å². The number of aryl methyl sites for hydroxylation is 3. The summed E-state index contributed by atoms with van der Waals surface area (Å²) in [4.78, 5) is 18.0. The van der Waals surface area contributed by atoms with Crippen LogP contribution in [0, 0.1) is 26.6 Å². The molecule has 0 bridgehead atoms. The molecule has 2 heterocycles. The Bertz CT molecular complexity index is 1290. The monoisotopic (exact) mass is 545 g/mol. The minimum atomic E-state index is -0.501. The maximum absolute atomic E-state index is 13.5. The molecular weight excluding hydrogens is 520 g/mol. The number of aromatic nitrogens is 2. The van der Waals surface area contributed by atoms with Crippen LogP contribution in [0.4, 0.5) is 21.7 Å². The molecule has 3 aromatic rings. The number of nitrogens with one attached hydrogen (secondary N) is 2. The van der Waals surface area contributed by atoms with Crippen LogP contribution in [0.1, 0.15) is 17.0 Å². The normalized spacial score (nSPS) is 14.1. The van der Waals surface area contributed by atoms with Crippen molar-refractivity contribution in [1.82, 2.24) is 14.9 Å². The first kappa shape index (κ1) is 26.1. The fourth-order valence-electron chi connectivity index (χ4n) is 3.96. The molecule has 4 rings (SSSR count). The third kappa shape index (κ3) is 6.60. The molecule has 0 atom stereocenters. The summed E-state index contributed by atoms with van der Waals surface area (Å²) >= 11 is 17.6. The van der Waals surface area contributed by atoms with Crippen LogP contribution < -0.4 is 15.5 Å². The summed E-state index contributed by atoms with van der Waals surface area (Å²) in [6.45, 7) is 8.81. The fourth-order valence-corrected chi connectivity index (χ4v) is 4.51. The number of hydrogen-bond acceptors (Lipinski definition) is 4. The Kier molecular flexibility index (Phi) is 8.23. The molecule has 0 amide bonds. The Morgan fingerprint density at radius 2 is 1.64 bits per heavy atom. The van der Waals surface area contributed by atoms with Gasteiger partial charge in [-0.15, -0.1) is 0 Å². The average molecular weight is 547 g/mol. The van der Waals surface area contributed by atoms with E-state index >= 15 is 0 Å². The second kappa shape index (κ2) is 11.4. The minimum Gasteiger partial charge on any atom is -0.368 e. The van der Waals surface area contributed by atoms with Gasteiger partial charge in [-0.1, -0.05) is 29.3 Å². The third-order valence-electron chi connectivity index (χ3n) is 5.68. The Labute approximate surface area is 225 Å². The van der Waals surface area contributed by atoms with Crippen molar-refractivity contribution in [2.45, 2.75) is 20.8 Å². The predicted molar refractivity (Wildman–Crippen MR) is 150 cm³/mol. The first-order chi connectivity index (χ1) is 17.2. The summed E-state index contributed by atoms with van der Waals surface area (Å²) in [5.74, 6) is 0.457. The zero-order valence-electron chi connectivity index (χ0n) is 20.1. The van der Waals surface area contributed by atoms with Crippen molar-refractivity contribution in [2.24, 2.45) is 4.99 Å². The van der Waals surface area contributed by atoms with Crippen molar-refractivity contribution < 1.29 is 4.39 Å². The zero-order valence-corrected chi connectivity index (χ0v) is 22.5. The van der Waals surface area contributed by atoms with E-state index in [0.717, 1.165) is 30.2 Å². The number of nitrogens with zero attached hydrogens (tertiary/aromatic N) is 5. The van der Waals surface area contributed by atoms with Crippen molar-refractivity contribution in [3.63, 3.8) is 0 Å². The molecule has 36 heavy (non-hydrogen) atoms. The molecule has 1 aliphatic heterocycles. The maximum atomic E-state index is 13.5. The average Bonchev–Trinajstić information content (AvgIpc) is 2.82. The van der Waals surface area contributed by atoms with Gasteiger partial charge in [-0.25, -0.2) is 14.4 Å². The molecule has 0 saturated carbocycles.